The number of aromatic nitrogens is 2. The van der Waals surface area contributed by atoms with E-state index in [1.165, 1.54) is 18.3 Å². The molecule has 0 radical (unpaired) electrons. The van der Waals surface area contributed by atoms with Crippen molar-refractivity contribution in [3.05, 3.63) is 102 Å². The van der Waals surface area contributed by atoms with E-state index in [4.69, 9.17) is 9.47 Å². The Morgan fingerprint density at radius 1 is 1.00 bits per heavy atom. The fourth-order valence-corrected chi connectivity index (χ4v) is 3.87. The van der Waals surface area contributed by atoms with Gasteiger partial charge in [0.25, 0.3) is 11.5 Å². The lowest BCUT2D eigenvalue weighted by molar-refractivity contribution is -0.0440. The molecule has 10 heteroatoms. The molecule has 1 N–H and O–H groups in total. The van der Waals surface area contributed by atoms with Gasteiger partial charge in [0.05, 0.1) is 15.7 Å². The lowest BCUT2D eigenvalue weighted by atomic mass is 10.2. The van der Waals surface area contributed by atoms with Gasteiger partial charge in [0.1, 0.15) is 6.10 Å². The molecular weight excluding hydrogens is 531 g/mol. The van der Waals surface area contributed by atoms with Gasteiger partial charge in [-0.3, -0.25) is 14.2 Å². The first-order valence-corrected chi connectivity index (χ1v) is 10.7. The fraction of sp³-hybridized carbons (Fsp3) is 0.182. The Hall–Kier alpha value is -3.09. The molecule has 3 atom stereocenters. The molecule has 1 unspecified atom stereocenters. The molecule has 0 amide bonds. The van der Waals surface area contributed by atoms with Crippen molar-refractivity contribution in [2.75, 3.05) is 6.61 Å². The van der Waals surface area contributed by atoms with Crippen LogP contribution in [0.4, 0.5) is 0 Å². The van der Waals surface area contributed by atoms with Crippen LogP contribution < -0.4 is 11.2 Å². The van der Waals surface area contributed by atoms with Crippen LogP contribution >= 0.6 is 22.6 Å². The van der Waals surface area contributed by atoms with Crippen molar-refractivity contribution in [3.63, 3.8) is 0 Å². The van der Waals surface area contributed by atoms with Gasteiger partial charge < -0.3 is 14.6 Å². The zero-order valence-electron chi connectivity index (χ0n) is 16.5. The summed E-state index contributed by atoms with van der Waals surface area (Å²) in [5.74, 6) is -1.51. The minimum Gasteiger partial charge on any atom is -0.451 e. The smallest absolute Gasteiger partial charge is 0.340 e. The van der Waals surface area contributed by atoms with E-state index in [2.05, 4.69) is 0 Å². The van der Waals surface area contributed by atoms with Crippen molar-refractivity contribution in [3.8, 4) is 0 Å². The van der Waals surface area contributed by atoms with Crippen LogP contribution in [0, 0.1) is 3.57 Å². The highest BCUT2D eigenvalue weighted by molar-refractivity contribution is 14.1. The van der Waals surface area contributed by atoms with Gasteiger partial charge in [0, 0.05) is 11.8 Å². The van der Waals surface area contributed by atoms with Crippen LogP contribution in [0.25, 0.3) is 0 Å². The van der Waals surface area contributed by atoms with Gasteiger partial charge in [-0.1, -0.05) is 36.4 Å². The van der Waals surface area contributed by atoms with Crippen molar-refractivity contribution in [2.24, 2.45) is 0 Å². The number of rotatable bonds is 4. The summed E-state index contributed by atoms with van der Waals surface area (Å²) in [5, 5.41) is 10.3. The van der Waals surface area contributed by atoms with Crippen molar-refractivity contribution >= 4 is 34.5 Å². The van der Waals surface area contributed by atoms with Crippen molar-refractivity contribution in [1.29, 1.82) is 0 Å². The number of nitrogens with zero attached hydrogens (tertiary/aromatic N) is 2. The molecule has 1 saturated heterocycles. The predicted octanol–water partition coefficient (Wildman–Crippen LogP) is 1.42. The number of aliphatic hydroxyl groups excluding tert-OH is 1. The highest BCUT2D eigenvalue weighted by Gasteiger charge is 2.42. The summed E-state index contributed by atoms with van der Waals surface area (Å²) in [7, 11) is 0. The molecule has 4 rings (SSSR count). The molecule has 9 nitrogen and oxygen atoms in total. The number of carbonyl (C=O) groups is 2. The maximum atomic E-state index is 13.2. The molecule has 2 aromatic carbocycles. The number of benzene rings is 2. The highest BCUT2D eigenvalue weighted by Crippen LogP contribution is 2.27. The Balaban J connectivity index is 1.73. The van der Waals surface area contributed by atoms with Crippen molar-refractivity contribution in [2.45, 2.75) is 18.4 Å². The van der Waals surface area contributed by atoms with E-state index in [1.54, 1.807) is 71.1 Å². The molecule has 3 aromatic rings. The van der Waals surface area contributed by atoms with Crippen molar-refractivity contribution < 1.29 is 24.2 Å². The van der Waals surface area contributed by atoms with E-state index in [0.29, 0.717) is 4.57 Å². The van der Waals surface area contributed by atoms with Crippen LogP contribution in [0.1, 0.15) is 26.9 Å². The van der Waals surface area contributed by atoms with Crippen LogP contribution in [0.2, 0.25) is 0 Å². The zero-order valence-corrected chi connectivity index (χ0v) is 18.6. The molecule has 1 aliphatic heterocycles. The third-order valence-electron chi connectivity index (χ3n) is 4.92. The van der Waals surface area contributed by atoms with E-state index < -0.39 is 41.6 Å². The maximum Gasteiger partial charge on any atom is 0.340 e. The maximum absolute atomic E-state index is 13.2. The molecule has 2 heterocycles. The Labute approximate surface area is 195 Å². The summed E-state index contributed by atoms with van der Waals surface area (Å²) < 4.78 is 12.5. The Morgan fingerprint density at radius 2 is 1.59 bits per heavy atom. The average Bonchev–Trinajstić information content (AvgIpc) is 3.17. The Bertz CT molecular complexity index is 1270. The SMILES string of the molecule is O=C(O[C@H]1C(n2cc(I)c(=O)n(C(=O)c3ccccc3)c2=O)OC[C@@H]1O)c1ccccc1. The largest absolute Gasteiger partial charge is 0.451 e. The minimum absolute atomic E-state index is 0.0737. The first kappa shape index (κ1) is 22.1. The summed E-state index contributed by atoms with van der Waals surface area (Å²) >= 11 is 1.71. The van der Waals surface area contributed by atoms with E-state index in [0.717, 1.165) is 4.57 Å². The summed E-state index contributed by atoms with van der Waals surface area (Å²) in [6.45, 7) is -0.202. The summed E-state index contributed by atoms with van der Waals surface area (Å²) in [4.78, 5) is 51.2. The topological polar surface area (TPSA) is 117 Å². The second kappa shape index (κ2) is 9.18. The van der Waals surface area contributed by atoms with Crippen LogP contribution in [0.5, 0.6) is 0 Å². The molecule has 0 bridgehead atoms. The summed E-state index contributed by atoms with van der Waals surface area (Å²) in [6, 6.07) is 16.0. The van der Waals surface area contributed by atoms with E-state index in [-0.39, 0.29) is 21.3 Å². The van der Waals surface area contributed by atoms with Gasteiger partial charge in [-0.2, -0.15) is 4.57 Å². The third-order valence-corrected chi connectivity index (χ3v) is 5.66. The molecule has 1 aliphatic rings. The lowest BCUT2D eigenvalue weighted by Gasteiger charge is -2.23. The molecule has 32 heavy (non-hydrogen) atoms. The van der Waals surface area contributed by atoms with E-state index >= 15 is 0 Å². The van der Waals surface area contributed by atoms with Gasteiger partial charge in [0.2, 0.25) is 0 Å². The predicted molar refractivity (Wildman–Crippen MR) is 120 cm³/mol. The number of ether oxygens (including phenoxy) is 2. The molecule has 0 spiro atoms. The number of halogens is 1. The van der Waals surface area contributed by atoms with Crippen LogP contribution in [0.3, 0.4) is 0 Å². The number of hydrogen-bond donors (Lipinski definition) is 1. The van der Waals surface area contributed by atoms with E-state index in [1.807, 2.05) is 0 Å². The number of carbonyl (C=O) groups excluding carboxylic acids is 2. The average molecular weight is 548 g/mol. The standard InChI is InChI=1S/C22H17IN2O7/c23-15-11-24(22(30)25(19(15)28)18(27)13-7-3-1-4-8-13)20-17(16(26)12-31-20)32-21(29)14-9-5-2-6-10-14/h1-11,16-17,20,26H,12H2/t16-,17+,20?/m0/s1. The van der Waals surface area contributed by atoms with Gasteiger partial charge >= 0.3 is 11.7 Å². The highest BCUT2D eigenvalue weighted by atomic mass is 127. The quantitative estimate of drug-likeness (QED) is 0.387. The molecular formula is C22H17IN2O7. The normalized spacial score (nSPS) is 20.1. The number of hydrogen-bond acceptors (Lipinski definition) is 7. The summed E-state index contributed by atoms with van der Waals surface area (Å²) in [5.41, 5.74) is -1.34. The Morgan fingerprint density at radius 3 is 2.22 bits per heavy atom. The molecule has 1 aromatic heterocycles. The summed E-state index contributed by atoms with van der Waals surface area (Å²) in [6.07, 6.45) is -2.45. The van der Waals surface area contributed by atoms with Gasteiger partial charge in [0.15, 0.2) is 12.3 Å². The number of esters is 1. The molecule has 0 saturated carbocycles. The van der Waals surface area contributed by atoms with Crippen LogP contribution in [0.15, 0.2) is 76.4 Å². The first-order chi connectivity index (χ1) is 15.4. The second-order valence-corrected chi connectivity index (χ2v) is 8.17. The fourth-order valence-electron chi connectivity index (χ4n) is 3.33. The molecule has 0 aliphatic carbocycles. The van der Waals surface area contributed by atoms with E-state index in [9.17, 15) is 24.3 Å². The van der Waals surface area contributed by atoms with Crippen molar-refractivity contribution in [1.82, 2.24) is 9.13 Å². The molecule has 1 fully saturated rings. The van der Waals surface area contributed by atoms with Gasteiger partial charge in [-0.15, -0.1) is 0 Å². The first-order valence-electron chi connectivity index (χ1n) is 9.57. The van der Waals surface area contributed by atoms with Gasteiger partial charge in [-0.25, -0.2) is 9.59 Å². The Kier molecular flexibility index (Phi) is 6.35. The van der Waals surface area contributed by atoms with Crippen LogP contribution in [-0.2, 0) is 9.47 Å². The zero-order chi connectivity index (χ0) is 22.8. The van der Waals surface area contributed by atoms with Crippen LogP contribution in [-0.4, -0.2) is 44.9 Å². The second-order valence-electron chi connectivity index (χ2n) is 7.01. The number of aliphatic hydroxyl groups is 1. The van der Waals surface area contributed by atoms with Gasteiger partial charge in [-0.05, 0) is 46.9 Å². The monoisotopic (exact) mass is 548 g/mol. The lowest BCUT2D eigenvalue weighted by Crippen LogP contribution is -2.47. The third kappa shape index (κ3) is 4.16. The molecule has 164 valence electrons. The minimum atomic E-state index is -1.23.